The number of nitrogens with zero attached hydrogens (tertiary/aromatic N) is 2. The summed E-state index contributed by atoms with van der Waals surface area (Å²) in [5, 5.41) is 0. The van der Waals surface area contributed by atoms with Crippen LogP contribution in [0.2, 0.25) is 0 Å². The van der Waals surface area contributed by atoms with Crippen LogP contribution in [0.15, 0.2) is 83.3 Å². The fraction of sp³-hybridized carbons (Fsp3) is 0.333. The van der Waals surface area contributed by atoms with Gasteiger partial charge in [0.15, 0.2) is 12.4 Å². The summed E-state index contributed by atoms with van der Waals surface area (Å²) in [6.45, 7) is 3.08. The van der Waals surface area contributed by atoms with Gasteiger partial charge in [0.05, 0.1) is 12.6 Å². The average Bonchev–Trinajstić information content (AvgIpc) is 3.65. The van der Waals surface area contributed by atoms with Gasteiger partial charge in [-0.1, -0.05) is 72.8 Å². The number of aromatic nitrogens is 1. The zero-order valence-corrected chi connectivity index (χ0v) is 22.3. The van der Waals surface area contributed by atoms with E-state index in [4.69, 9.17) is 18.9 Å². The molecule has 3 aromatic carbocycles. The summed E-state index contributed by atoms with van der Waals surface area (Å²) < 4.78 is 17.6. The number of ether oxygens (including phenoxy) is 2. The highest BCUT2D eigenvalue weighted by Crippen LogP contribution is 2.46. The first-order chi connectivity index (χ1) is 19.2. The Bertz CT molecular complexity index is 1360. The SMILES string of the molecule is CCOC(=O)COc1cccc2c1CCC[C@@H]2N1CCCC1c1nc(-c2ccccc2)c(-c2ccccc2)o1. The van der Waals surface area contributed by atoms with Crippen molar-refractivity contribution >= 4 is 5.97 Å². The van der Waals surface area contributed by atoms with Gasteiger partial charge < -0.3 is 13.9 Å². The first-order valence-electron chi connectivity index (χ1n) is 14.0. The topological polar surface area (TPSA) is 64.8 Å². The number of esters is 1. The van der Waals surface area contributed by atoms with Crippen molar-refractivity contribution in [3.63, 3.8) is 0 Å². The van der Waals surface area contributed by atoms with Crippen molar-refractivity contribution in [2.24, 2.45) is 0 Å². The monoisotopic (exact) mass is 522 g/mol. The van der Waals surface area contributed by atoms with Crippen LogP contribution in [0.5, 0.6) is 5.75 Å². The molecule has 39 heavy (non-hydrogen) atoms. The summed E-state index contributed by atoms with van der Waals surface area (Å²) in [5.41, 5.74) is 5.47. The lowest BCUT2D eigenvalue weighted by Crippen LogP contribution is -2.31. The van der Waals surface area contributed by atoms with Crippen LogP contribution >= 0.6 is 0 Å². The predicted octanol–water partition coefficient (Wildman–Crippen LogP) is 7.17. The molecule has 2 atom stereocenters. The van der Waals surface area contributed by atoms with E-state index >= 15 is 0 Å². The molecule has 1 saturated heterocycles. The Morgan fingerprint density at radius 2 is 1.67 bits per heavy atom. The first-order valence-corrected chi connectivity index (χ1v) is 14.0. The second-order valence-electron chi connectivity index (χ2n) is 10.2. The van der Waals surface area contributed by atoms with Crippen molar-refractivity contribution in [3.05, 3.63) is 95.9 Å². The molecule has 1 aromatic heterocycles. The van der Waals surface area contributed by atoms with Crippen LogP contribution in [0.3, 0.4) is 0 Å². The van der Waals surface area contributed by atoms with E-state index in [-0.39, 0.29) is 24.7 Å². The van der Waals surface area contributed by atoms with Crippen LogP contribution in [-0.2, 0) is 16.0 Å². The van der Waals surface area contributed by atoms with Crippen molar-refractivity contribution in [1.82, 2.24) is 9.88 Å². The standard InChI is InChI=1S/C33H34N2O4/c1-2-37-30(36)22-38-29-20-10-16-25-26(29)17-9-18-27(25)35-21-11-19-28(35)33-34-31(23-12-5-3-6-13-23)32(39-33)24-14-7-4-8-15-24/h3-8,10,12-16,20,27-28H,2,9,11,17-19,21-22H2,1H3/t27-,28?/m0/s1. The van der Waals surface area contributed by atoms with Gasteiger partial charge >= 0.3 is 5.97 Å². The molecular weight excluding hydrogens is 488 g/mol. The van der Waals surface area contributed by atoms with E-state index in [9.17, 15) is 4.79 Å². The minimum absolute atomic E-state index is 0.0673. The maximum atomic E-state index is 11.9. The van der Waals surface area contributed by atoms with Gasteiger partial charge in [0.1, 0.15) is 11.4 Å². The fourth-order valence-corrected chi connectivity index (χ4v) is 6.09. The number of carbonyl (C=O) groups excluding carboxylic acids is 1. The quantitative estimate of drug-likeness (QED) is 0.229. The Labute approximate surface area is 229 Å². The van der Waals surface area contributed by atoms with Crippen molar-refractivity contribution in [2.45, 2.75) is 51.1 Å². The van der Waals surface area contributed by atoms with E-state index in [0.29, 0.717) is 6.61 Å². The molecule has 0 bridgehead atoms. The summed E-state index contributed by atoms with van der Waals surface area (Å²) in [4.78, 5) is 19.6. The number of benzene rings is 3. The molecule has 6 rings (SSSR count). The highest BCUT2D eigenvalue weighted by molar-refractivity contribution is 5.76. The van der Waals surface area contributed by atoms with Crippen molar-refractivity contribution in [1.29, 1.82) is 0 Å². The predicted molar refractivity (Wildman–Crippen MR) is 150 cm³/mol. The smallest absolute Gasteiger partial charge is 0.344 e. The molecule has 6 nitrogen and oxygen atoms in total. The van der Waals surface area contributed by atoms with Gasteiger partial charge in [0, 0.05) is 17.2 Å². The van der Waals surface area contributed by atoms with E-state index in [1.165, 1.54) is 11.1 Å². The number of fused-ring (bicyclic) bond motifs is 1. The number of likely N-dealkylation sites (tertiary alicyclic amines) is 1. The Hall–Kier alpha value is -3.90. The summed E-state index contributed by atoms with van der Waals surface area (Å²) in [5.74, 6) is 2.05. The molecule has 0 N–H and O–H groups in total. The maximum absolute atomic E-state index is 11.9. The molecule has 0 spiro atoms. The summed E-state index contributed by atoms with van der Waals surface area (Å²) >= 11 is 0. The Kier molecular flexibility index (Phi) is 7.46. The number of oxazole rings is 1. The van der Waals surface area contributed by atoms with Crippen molar-refractivity contribution < 1.29 is 18.7 Å². The van der Waals surface area contributed by atoms with Gasteiger partial charge in [-0.15, -0.1) is 0 Å². The molecule has 0 amide bonds. The van der Waals surface area contributed by atoms with E-state index in [1.54, 1.807) is 6.92 Å². The summed E-state index contributed by atoms with van der Waals surface area (Å²) in [6.07, 6.45) is 5.19. The summed E-state index contributed by atoms with van der Waals surface area (Å²) in [6, 6.07) is 27.1. The third-order valence-electron chi connectivity index (χ3n) is 7.79. The number of carbonyl (C=O) groups is 1. The van der Waals surface area contributed by atoms with Gasteiger partial charge in [-0.25, -0.2) is 9.78 Å². The van der Waals surface area contributed by atoms with Gasteiger partial charge in [-0.2, -0.15) is 0 Å². The van der Waals surface area contributed by atoms with Crippen LogP contribution in [0.1, 0.15) is 61.7 Å². The average molecular weight is 523 g/mol. The van der Waals surface area contributed by atoms with Crippen molar-refractivity contribution in [3.8, 4) is 28.3 Å². The third kappa shape index (κ3) is 5.21. The van der Waals surface area contributed by atoms with Gasteiger partial charge in [0.25, 0.3) is 0 Å². The molecule has 2 heterocycles. The minimum Gasteiger partial charge on any atom is -0.482 e. The van der Waals surface area contributed by atoms with E-state index in [0.717, 1.165) is 72.9 Å². The van der Waals surface area contributed by atoms with Crippen molar-refractivity contribution in [2.75, 3.05) is 19.8 Å². The number of hydrogen-bond donors (Lipinski definition) is 0. The van der Waals surface area contributed by atoms with Crippen LogP contribution in [-0.4, -0.2) is 35.6 Å². The zero-order chi connectivity index (χ0) is 26.6. The van der Waals surface area contributed by atoms with E-state index < -0.39 is 0 Å². The van der Waals surface area contributed by atoms with Crippen LogP contribution < -0.4 is 4.74 Å². The first kappa shape index (κ1) is 25.4. The lowest BCUT2D eigenvalue weighted by atomic mass is 9.86. The zero-order valence-electron chi connectivity index (χ0n) is 22.3. The summed E-state index contributed by atoms with van der Waals surface area (Å²) in [7, 11) is 0. The Balaban J connectivity index is 1.32. The van der Waals surface area contributed by atoms with E-state index in [1.807, 2.05) is 48.5 Å². The van der Waals surface area contributed by atoms with Gasteiger partial charge in [-0.05, 0) is 62.8 Å². The van der Waals surface area contributed by atoms with Crippen LogP contribution in [0.25, 0.3) is 22.6 Å². The van der Waals surface area contributed by atoms with Crippen LogP contribution in [0.4, 0.5) is 0 Å². The lowest BCUT2D eigenvalue weighted by Gasteiger charge is -2.36. The van der Waals surface area contributed by atoms with Gasteiger partial charge in [0.2, 0.25) is 5.89 Å². The second kappa shape index (κ2) is 11.5. The molecule has 6 heteroatoms. The number of rotatable bonds is 8. The molecule has 1 fully saturated rings. The Morgan fingerprint density at radius 1 is 0.923 bits per heavy atom. The molecular formula is C33H34N2O4. The highest BCUT2D eigenvalue weighted by atomic mass is 16.6. The molecule has 200 valence electrons. The molecule has 2 aliphatic rings. The molecule has 0 saturated carbocycles. The minimum atomic E-state index is -0.339. The van der Waals surface area contributed by atoms with Gasteiger partial charge in [-0.3, -0.25) is 4.90 Å². The Morgan fingerprint density at radius 3 is 2.44 bits per heavy atom. The number of hydrogen-bond acceptors (Lipinski definition) is 6. The molecule has 1 aliphatic heterocycles. The largest absolute Gasteiger partial charge is 0.482 e. The molecule has 0 radical (unpaired) electrons. The van der Waals surface area contributed by atoms with E-state index in [2.05, 4.69) is 35.2 Å². The molecule has 4 aromatic rings. The second-order valence-corrected chi connectivity index (χ2v) is 10.2. The fourth-order valence-electron chi connectivity index (χ4n) is 6.09. The van der Waals surface area contributed by atoms with Crippen LogP contribution in [0, 0.1) is 0 Å². The lowest BCUT2D eigenvalue weighted by molar-refractivity contribution is -0.145. The molecule has 1 unspecified atom stereocenters. The molecule has 1 aliphatic carbocycles. The maximum Gasteiger partial charge on any atom is 0.344 e. The normalized spacial score (nSPS) is 19.0. The third-order valence-corrected chi connectivity index (χ3v) is 7.79. The highest BCUT2D eigenvalue weighted by Gasteiger charge is 2.38.